The summed E-state index contributed by atoms with van der Waals surface area (Å²) in [5.41, 5.74) is 2.53. The van der Waals surface area contributed by atoms with Crippen molar-refractivity contribution >= 4 is 57.7 Å². The maximum atomic E-state index is 11.7. The molecule has 0 aliphatic rings. The molecule has 0 atom stereocenters. The molecule has 146 valence electrons. The molecule has 1 N–H and O–H groups in total. The molecule has 0 fully saturated rings. The van der Waals surface area contributed by atoms with Gasteiger partial charge in [0, 0.05) is 16.9 Å². The Morgan fingerprint density at radius 3 is 2.57 bits per heavy atom. The van der Waals surface area contributed by atoms with Gasteiger partial charge in [0.1, 0.15) is 12.3 Å². The molecule has 3 aromatic rings. The Kier molecular flexibility index (Phi) is 6.17. The summed E-state index contributed by atoms with van der Waals surface area (Å²) in [5, 5.41) is 10.5. The number of thioether (sulfide) groups is 1. The van der Waals surface area contributed by atoms with Crippen LogP contribution in [-0.2, 0) is 17.1 Å². The van der Waals surface area contributed by atoms with Crippen molar-refractivity contribution in [3.63, 3.8) is 0 Å². The number of ether oxygens (including phenoxy) is 1. The number of carboxylic acids is 1. The molecule has 0 radical (unpaired) electrons. The van der Waals surface area contributed by atoms with Crippen LogP contribution in [0.15, 0.2) is 35.5 Å². The Morgan fingerprint density at radius 1 is 1.21 bits per heavy atom. The minimum absolute atomic E-state index is 0.0451. The molecule has 9 heteroatoms. The predicted octanol–water partition coefficient (Wildman–Crippen LogP) is 4.93. The van der Waals surface area contributed by atoms with Crippen LogP contribution >= 0.6 is 35.0 Å². The number of aliphatic carboxylic acids is 1. The summed E-state index contributed by atoms with van der Waals surface area (Å²) in [6.45, 7) is 1.24. The van der Waals surface area contributed by atoms with E-state index in [1.165, 1.54) is 18.7 Å². The van der Waals surface area contributed by atoms with Gasteiger partial charge in [-0.15, -0.1) is 0 Å². The first-order valence-electron chi connectivity index (χ1n) is 8.18. The summed E-state index contributed by atoms with van der Waals surface area (Å²) in [6.07, 6.45) is 0. The summed E-state index contributed by atoms with van der Waals surface area (Å²) in [5.74, 6) is 0.0403. The number of fused-ring (bicyclic) bond motifs is 1. The van der Waals surface area contributed by atoms with E-state index in [2.05, 4.69) is 4.98 Å². The minimum Gasteiger partial charge on any atom is -0.496 e. The van der Waals surface area contributed by atoms with Gasteiger partial charge < -0.3 is 14.4 Å². The SMILES string of the molecule is COc1ccc(C(C)=O)cc1CSc1nc2cc(Cl)c(Cl)cc2n1CC(=O)O. The number of carboxylic acid groups (broad SMARTS) is 1. The molecule has 6 nitrogen and oxygen atoms in total. The number of hydrogen-bond acceptors (Lipinski definition) is 5. The fourth-order valence-corrected chi connectivity index (χ4v) is 4.06. The Labute approximate surface area is 175 Å². The molecular weight excluding hydrogens is 423 g/mol. The van der Waals surface area contributed by atoms with Gasteiger partial charge in [-0.05, 0) is 37.3 Å². The molecule has 0 amide bonds. The van der Waals surface area contributed by atoms with Gasteiger partial charge in [0.2, 0.25) is 0 Å². The van der Waals surface area contributed by atoms with Crippen LogP contribution in [-0.4, -0.2) is 33.5 Å². The largest absolute Gasteiger partial charge is 0.496 e. The lowest BCUT2D eigenvalue weighted by Crippen LogP contribution is -2.09. The van der Waals surface area contributed by atoms with Gasteiger partial charge in [-0.2, -0.15) is 0 Å². The van der Waals surface area contributed by atoms with Gasteiger partial charge in [-0.3, -0.25) is 9.59 Å². The fourth-order valence-electron chi connectivity index (χ4n) is 2.75. The average molecular weight is 439 g/mol. The predicted molar refractivity (Wildman–Crippen MR) is 110 cm³/mol. The second-order valence-corrected chi connectivity index (χ2v) is 7.76. The van der Waals surface area contributed by atoms with Gasteiger partial charge in [-0.25, -0.2) is 4.98 Å². The van der Waals surface area contributed by atoms with Gasteiger partial charge in [-0.1, -0.05) is 35.0 Å². The van der Waals surface area contributed by atoms with Crippen LogP contribution in [0.25, 0.3) is 11.0 Å². The molecule has 0 aliphatic carbocycles. The van der Waals surface area contributed by atoms with E-state index in [1.54, 1.807) is 42.0 Å². The highest BCUT2D eigenvalue weighted by Crippen LogP contribution is 2.33. The number of hydrogen-bond donors (Lipinski definition) is 1. The van der Waals surface area contributed by atoms with Crippen LogP contribution in [0, 0.1) is 0 Å². The van der Waals surface area contributed by atoms with E-state index in [0.717, 1.165) is 5.56 Å². The van der Waals surface area contributed by atoms with Crippen LogP contribution in [0.2, 0.25) is 10.0 Å². The molecule has 1 aromatic heterocycles. The van der Waals surface area contributed by atoms with E-state index in [-0.39, 0.29) is 12.3 Å². The van der Waals surface area contributed by atoms with Crippen molar-refractivity contribution in [3.05, 3.63) is 51.5 Å². The quantitative estimate of drug-likeness (QED) is 0.415. The zero-order valence-electron chi connectivity index (χ0n) is 15.0. The van der Waals surface area contributed by atoms with Crippen LogP contribution in [0.4, 0.5) is 0 Å². The van der Waals surface area contributed by atoms with Crippen molar-refractivity contribution in [1.29, 1.82) is 0 Å². The van der Waals surface area contributed by atoms with E-state index in [1.807, 2.05) is 0 Å². The second-order valence-electron chi connectivity index (χ2n) is 6.00. The van der Waals surface area contributed by atoms with Crippen molar-refractivity contribution in [2.45, 2.75) is 24.4 Å². The fraction of sp³-hybridized carbons (Fsp3) is 0.211. The molecule has 1 heterocycles. The highest BCUT2D eigenvalue weighted by atomic mass is 35.5. The summed E-state index contributed by atoms with van der Waals surface area (Å²) >= 11 is 13.5. The lowest BCUT2D eigenvalue weighted by Gasteiger charge is -2.10. The molecule has 3 rings (SSSR count). The maximum Gasteiger partial charge on any atom is 0.323 e. The minimum atomic E-state index is -0.997. The Morgan fingerprint density at radius 2 is 1.93 bits per heavy atom. The number of benzene rings is 2. The summed E-state index contributed by atoms with van der Waals surface area (Å²) < 4.78 is 6.95. The van der Waals surface area contributed by atoms with E-state index in [4.69, 9.17) is 27.9 Å². The Balaban J connectivity index is 1.99. The normalized spacial score (nSPS) is 11.0. The molecule has 0 aliphatic heterocycles. The van der Waals surface area contributed by atoms with Gasteiger partial charge in [0.15, 0.2) is 10.9 Å². The number of carbonyl (C=O) groups excluding carboxylic acids is 1. The number of methoxy groups -OCH3 is 1. The molecule has 0 saturated heterocycles. The van der Waals surface area contributed by atoms with E-state index < -0.39 is 5.97 Å². The topological polar surface area (TPSA) is 81.4 Å². The number of ketones is 1. The summed E-state index contributed by atoms with van der Waals surface area (Å²) in [7, 11) is 1.56. The van der Waals surface area contributed by atoms with Gasteiger partial charge >= 0.3 is 5.97 Å². The zero-order valence-corrected chi connectivity index (χ0v) is 17.4. The maximum absolute atomic E-state index is 11.7. The third-order valence-electron chi connectivity index (χ3n) is 4.09. The summed E-state index contributed by atoms with van der Waals surface area (Å²) in [6, 6.07) is 8.44. The van der Waals surface area contributed by atoms with Crippen LogP contribution < -0.4 is 4.74 Å². The standard InChI is InChI=1S/C19H16Cl2N2O4S/c1-10(24)11-3-4-17(27-2)12(5-11)9-28-19-22-15-6-13(20)14(21)7-16(15)23(19)8-18(25)26/h3-7H,8-9H2,1-2H3,(H,25,26). The average Bonchev–Trinajstić information content (AvgIpc) is 2.96. The molecular formula is C19H16Cl2N2O4S. The van der Waals surface area contributed by atoms with E-state index in [0.29, 0.717) is 43.3 Å². The van der Waals surface area contributed by atoms with Crippen molar-refractivity contribution in [3.8, 4) is 5.75 Å². The van der Waals surface area contributed by atoms with Crippen molar-refractivity contribution in [2.24, 2.45) is 0 Å². The number of nitrogens with zero attached hydrogens (tertiary/aromatic N) is 2. The molecule has 0 bridgehead atoms. The Hall–Kier alpha value is -2.22. The zero-order chi connectivity index (χ0) is 20.4. The lowest BCUT2D eigenvalue weighted by atomic mass is 10.1. The molecule has 0 saturated carbocycles. The van der Waals surface area contributed by atoms with Crippen LogP contribution in [0.5, 0.6) is 5.75 Å². The molecule has 28 heavy (non-hydrogen) atoms. The monoisotopic (exact) mass is 438 g/mol. The smallest absolute Gasteiger partial charge is 0.323 e. The molecule has 2 aromatic carbocycles. The van der Waals surface area contributed by atoms with Crippen LogP contribution in [0.1, 0.15) is 22.8 Å². The van der Waals surface area contributed by atoms with E-state index in [9.17, 15) is 14.7 Å². The second kappa shape index (κ2) is 8.43. The van der Waals surface area contributed by atoms with Gasteiger partial charge in [0.25, 0.3) is 0 Å². The number of imidazole rings is 1. The van der Waals surface area contributed by atoms with Crippen LogP contribution in [0.3, 0.4) is 0 Å². The Bertz CT molecular complexity index is 1080. The first kappa shape index (κ1) is 20.5. The number of Topliss-reactive ketones (excluding diaryl/α,β-unsaturated/α-hetero) is 1. The van der Waals surface area contributed by atoms with Crippen molar-refractivity contribution < 1.29 is 19.4 Å². The number of rotatable bonds is 7. The summed E-state index contributed by atoms with van der Waals surface area (Å²) in [4.78, 5) is 27.5. The highest BCUT2D eigenvalue weighted by molar-refractivity contribution is 7.98. The van der Waals surface area contributed by atoms with Gasteiger partial charge in [0.05, 0.1) is 28.2 Å². The van der Waals surface area contributed by atoms with Crippen molar-refractivity contribution in [2.75, 3.05) is 7.11 Å². The third kappa shape index (κ3) is 4.27. The lowest BCUT2D eigenvalue weighted by molar-refractivity contribution is -0.137. The number of halogens is 2. The molecule has 0 spiro atoms. The first-order valence-corrected chi connectivity index (χ1v) is 9.92. The molecule has 0 unspecified atom stereocenters. The van der Waals surface area contributed by atoms with E-state index >= 15 is 0 Å². The third-order valence-corrected chi connectivity index (χ3v) is 5.84. The number of aromatic nitrogens is 2. The highest BCUT2D eigenvalue weighted by Gasteiger charge is 2.17. The first-order chi connectivity index (χ1) is 13.3. The number of carbonyl (C=O) groups is 2. The van der Waals surface area contributed by atoms with Crippen molar-refractivity contribution in [1.82, 2.24) is 9.55 Å².